The van der Waals surface area contributed by atoms with Crippen LogP contribution in [0.3, 0.4) is 0 Å². The van der Waals surface area contributed by atoms with Crippen LogP contribution in [0.2, 0.25) is 0 Å². The molecule has 2 amide bonds. The van der Waals surface area contributed by atoms with E-state index in [-0.39, 0.29) is 33.4 Å². The number of ether oxygens (including phenoxy) is 1. The molecule has 0 fully saturated rings. The molecule has 170 valence electrons. The normalized spacial score (nSPS) is 13.2. The van der Waals surface area contributed by atoms with Gasteiger partial charge in [0.15, 0.2) is 23.1 Å². The van der Waals surface area contributed by atoms with Crippen molar-refractivity contribution >= 4 is 33.6 Å². The second kappa shape index (κ2) is 7.69. The number of pyridine rings is 1. The van der Waals surface area contributed by atoms with Gasteiger partial charge in [0.1, 0.15) is 5.82 Å². The number of nitrogen functional groups attached to an aromatic ring is 1. The number of halogens is 6. The molecule has 3 aromatic rings. The number of nitrogens with two attached hydrogens (primary N) is 1. The van der Waals surface area contributed by atoms with E-state index in [0.29, 0.717) is 0 Å². The van der Waals surface area contributed by atoms with Crippen LogP contribution in [0.4, 0.5) is 27.8 Å². The number of carbonyl (C=O) groups is 2. The van der Waals surface area contributed by atoms with Gasteiger partial charge in [-0.1, -0.05) is 6.07 Å². The third-order valence-electron chi connectivity index (χ3n) is 4.67. The van der Waals surface area contributed by atoms with Gasteiger partial charge in [-0.2, -0.15) is 13.2 Å². The van der Waals surface area contributed by atoms with Crippen molar-refractivity contribution in [2.45, 2.75) is 6.18 Å². The Morgan fingerprint density at radius 2 is 1.61 bits per heavy atom. The monoisotopic (exact) mass is 529 g/mol. The van der Waals surface area contributed by atoms with Gasteiger partial charge in [-0.25, -0.2) is 8.78 Å². The fourth-order valence-corrected chi connectivity index (χ4v) is 3.66. The summed E-state index contributed by atoms with van der Waals surface area (Å²) in [5, 5.41) is 1.99. The summed E-state index contributed by atoms with van der Waals surface area (Å²) in [4.78, 5) is 36.6. The number of amides is 2. The maximum Gasteiger partial charge on any atom is 0.416 e. The minimum absolute atomic E-state index is 0.0472. The maximum atomic E-state index is 14.4. The molecule has 0 radical (unpaired) electrons. The molecule has 1 aliphatic heterocycles. The Balaban J connectivity index is 1.90. The van der Waals surface area contributed by atoms with Gasteiger partial charge in [-0.15, -0.1) is 0 Å². The number of hydrogen-bond donors (Lipinski definition) is 2. The van der Waals surface area contributed by atoms with Gasteiger partial charge in [-0.05, 0) is 40.2 Å². The number of aromatic nitrogens is 1. The summed E-state index contributed by atoms with van der Waals surface area (Å²) < 4.78 is 73.3. The molecule has 1 aliphatic rings. The van der Waals surface area contributed by atoms with Crippen molar-refractivity contribution in [3.05, 3.63) is 79.5 Å². The molecule has 0 spiro atoms. The van der Waals surface area contributed by atoms with E-state index >= 15 is 0 Å². The molecule has 0 atom stereocenters. The highest BCUT2D eigenvalue weighted by Crippen LogP contribution is 2.40. The lowest BCUT2D eigenvalue weighted by molar-refractivity contribution is -0.138. The Morgan fingerprint density at radius 1 is 0.970 bits per heavy atom. The van der Waals surface area contributed by atoms with Gasteiger partial charge in [0, 0.05) is 6.07 Å². The lowest BCUT2D eigenvalue weighted by atomic mass is 10.1. The minimum Gasteiger partial charge on any atom is -0.448 e. The van der Waals surface area contributed by atoms with Crippen LogP contribution >= 0.6 is 15.9 Å². The molecule has 4 rings (SSSR count). The Hall–Kier alpha value is -3.74. The molecular formula is C20H9BrF5N3O4. The van der Waals surface area contributed by atoms with Crippen LogP contribution in [0.25, 0.3) is 5.69 Å². The van der Waals surface area contributed by atoms with Crippen molar-refractivity contribution < 1.29 is 36.3 Å². The molecule has 0 aliphatic carbocycles. The number of alkyl halides is 3. The third kappa shape index (κ3) is 3.73. The van der Waals surface area contributed by atoms with Crippen LogP contribution in [0, 0.1) is 11.6 Å². The second-order valence-corrected chi connectivity index (χ2v) is 7.59. The second-order valence-electron chi connectivity index (χ2n) is 6.73. The van der Waals surface area contributed by atoms with Crippen LogP contribution in [-0.2, 0) is 6.18 Å². The minimum atomic E-state index is -5.00. The molecule has 2 heterocycles. The third-order valence-corrected chi connectivity index (χ3v) is 5.29. The Labute approximate surface area is 188 Å². The van der Waals surface area contributed by atoms with E-state index in [0.717, 1.165) is 10.6 Å². The fourth-order valence-electron chi connectivity index (χ4n) is 3.23. The summed E-state index contributed by atoms with van der Waals surface area (Å²) in [6.07, 6.45) is -5.00. The number of para-hydroxylation sites is 1. The standard InChI is InChI=1S/C20H9BrF5N3O4/c21-9-2-1-3-12(29-13(30)6-8-14(17(29)27)19(32)28-18(8)31)15(9)33-16-10(22)4-7(5-11(16)23)20(24,25)26/h1-6H,27H2,(H,28,31,32). The molecule has 2 aromatic carbocycles. The number of hydrogen-bond acceptors (Lipinski definition) is 5. The highest BCUT2D eigenvalue weighted by atomic mass is 79.9. The average molecular weight is 530 g/mol. The first-order valence-electron chi connectivity index (χ1n) is 8.84. The molecule has 0 saturated heterocycles. The lowest BCUT2D eigenvalue weighted by Gasteiger charge is -2.18. The first kappa shape index (κ1) is 22.5. The molecule has 1 aromatic heterocycles. The predicted molar refractivity (Wildman–Crippen MR) is 107 cm³/mol. The smallest absolute Gasteiger partial charge is 0.416 e. The van der Waals surface area contributed by atoms with Crippen molar-refractivity contribution in [1.29, 1.82) is 0 Å². The lowest BCUT2D eigenvalue weighted by Crippen LogP contribution is -2.24. The summed E-state index contributed by atoms with van der Waals surface area (Å²) in [6, 6.07) is 4.97. The molecule has 0 saturated carbocycles. The first-order valence-corrected chi connectivity index (χ1v) is 9.63. The van der Waals surface area contributed by atoms with Crippen molar-refractivity contribution in [2.24, 2.45) is 0 Å². The molecule has 13 heteroatoms. The fraction of sp³-hybridized carbons (Fsp3) is 0.0500. The SMILES string of the molecule is Nc1c2c(cc(=O)n1-c1cccc(Br)c1Oc1c(F)cc(C(F)(F)F)cc1F)C(=O)NC2=O. The summed E-state index contributed by atoms with van der Waals surface area (Å²) >= 11 is 3.09. The van der Waals surface area contributed by atoms with E-state index in [1.807, 2.05) is 5.32 Å². The summed E-state index contributed by atoms with van der Waals surface area (Å²) in [5.41, 5.74) is 2.77. The van der Waals surface area contributed by atoms with Crippen LogP contribution in [0.15, 0.2) is 45.7 Å². The number of nitrogens with zero attached hydrogens (tertiary/aromatic N) is 1. The van der Waals surface area contributed by atoms with Crippen LogP contribution in [0.5, 0.6) is 11.5 Å². The molecule has 3 N–H and O–H groups in total. The van der Waals surface area contributed by atoms with E-state index in [1.165, 1.54) is 18.2 Å². The van der Waals surface area contributed by atoms with E-state index in [9.17, 15) is 36.3 Å². The number of benzene rings is 2. The number of carbonyl (C=O) groups excluding carboxylic acids is 2. The summed E-state index contributed by atoms with van der Waals surface area (Å²) in [6.45, 7) is 0. The van der Waals surface area contributed by atoms with E-state index in [1.54, 1.807) is 0 Å². The van der Waals surface area contributed by atoms with Gasteiger partial charge >= 0.3 is 6.18 Å². The Morgan fingerprint density at radius 3 is 2.21 bits per heavy atom. The van der Waals surface area contributed by atoms with Gasteiger partial charge in [0.25, 0.3) is 17.4 Å². The van der Waals surface area contributed by atoms with Gasteiger partial charge < -0.3 is 10.5 Å². The number of nitrogens with one attached hydrogen (secondary N) is 1. The van der Waals surface area contributed by atoms with E-state index < -0.39 is 58.1 Å². The Kier molecular flexibility index (Phi) is 5.23. The van der Waals surface area contributed by atoms with Crippen LogP contribution in [0.1, 0.15) is 26.3 Å². The zero-order valence-corrected chi connectivity index (χ0v) is 17.5. The van der Waals surface area contributed by atoms with Crippen molar-refractivity contribution in [3.63, 3.8) is 0 Å². The molecule has 33 heavy (non-hydrogen) atoms. The number of fused-ring (bicyclic) bond motifs is 1. The van der Waals surface area contributed by atoms with Gasteiger partial charge in [0.2, 0.25) is 0 Å². The number of imide groups is 1. The van der Waals surface area contributed by atoms with E-state index in [4.69, 9.17) is 10.5 Å². The number of anilines is 1. The van der Waals surface area contributed by atoms with Crippen molar-refractivity contribution in [2.75, 3.05) is 5.73 Å². The van der Waals surface area contributed by atoms with Gasteiger partial charge in [-0.3, -0.25) is 24.3 Å². The maximum absolute atomic E-state index is 14.4. The average Bonchev–Trinajstić information content (AvgIpc) is 2.98. The highest BCUT2D eigenvalue weighted by Gasteiger charge is 2.34. The quantitative estimate of drug-likeness (QED) is 0.391. The Bertz CT molecular complexity index is 1400. The van der Waals surface area contributed by atoms with Crippen molar-refractivity contribution in [1.82, 2.24) is 9.88 Å². The zero-order valence-electron chi connectivity index (χ0n) is 15.9. The molecular weight excluding hydrogens is 521 g/mol. The molecule has 7 nitrogen and oxygen atoms in total. The number of rotatable bonds is 3. The van der Waals surface area contributed by atoms with E-state index in [2.05, 4.69) is 15.9 Å². The summed E-state index contributed by atoms with van der Waals surface area (Å²) in [7, 11) is 0. The van der Waals surface area contributed by atoms with Crippen LogP contribution < -0.4 is 21.3 Å². The van der Waals surface area contributed by atoms with Gasteiger partial charge in [0.05, 0.1) is 26.9 Å². The highest BCUT2D eigenvalue weighted by molar-refractivity contribution is 9.10. The predicted octanol–water partition coefficient (Wildman–Crippen LogP) is 4.16. The topological polar surface area (TPSA) is 103 Å². The zero-order chi connectivity index (χ0) is 24.2. The van der Waals surface area contributed by atoms with Crippen LogP contribution in [-0.4, -0.2) is 16.4 Å². The largest absolute Gasteiger partial charge is 0.448 e. The molecule has 0 bridgehead atoms. The molecule has 0 unspecified atom stereocenters. The van der Waals surface area contributed by atoms with Crippen molar-refractivity contribution in [3.8, 4) is 17.2 Å². The summed E-state index contributed by atoms with van der Waals surface area (Å²) in [5.74, 6) is -7.02. The first-order chi connectivity index (χ1) is 15.4.